The summed E-state index contributed by atoms with van der Waals surface area (Å²) in [4.78, 5) is 17.3. The van der Waals surface area contributed by atoms with Crippen molar-refractivity contribution in [3.05, 3.63) is 73.2 Å². The Kier molecular flexibility index (Phi) is 3.87. The maximum absolute atomic E-state index is 12.7. The number of benzene rings is 2. The van der Waals surface area contributed by atoms with Crippen LogP contribution in [0.5, 0.6) is 0 Å². The Morgan fingerprint density at radius 2 is 1.96 bits per heavy atom. The van der Waals surface area contributed by atoms with Crippen LogP contribution in [0.1, 0.15) is 17.8 Å². The van der Waals surface area contributed by atoms with Crippen LogP contribution in [0.15, 0.2) is 41.2 Å². The van der Waals surface area contributed by atoms with Gasteiger partial charge in [0.25, 0.3) is 5.56 Å². The zero-order chi connectivity index (χ0) is 16.8. The number of hydrogen-bond acceptors (Lipinski definition) is 2. The molecule has 1 aliphatic heterocycles. The largest absolute Gasteiger partial charge is 0.292 e. The topological polar surface area (TPSA) is 34.9 Å². The lowest BCUT2D eigenvalue weighted by molar-refractivity contribution is 0.725. The average Bonchev–Trinajstić information content (AvgIpc) is 2.95. The van der Waals surface area contributed by atoms with E-state index in [0.29, 0.717) is 38.3 Å². The lowest BCUT2D eigenvalue weighted by Gasteiger charge is -2.06. The van der Waals surface area contributed by atoms with Gasteiger partial charge in [0, 0.05) is 11.6 Å². The number of rotatable bonds is 1. The molecular formula is C18H11Cl3N2O. The van der Waals surface area contributed by atoms with Gasteiger partial charge in [0.1, 0.15) is 5.82 Å². The molecule has 24 heavy (non-hydrogen) atoms. The molecule has 0 atom stereocenters. The fourth-order valence-electron chi connectivity index (χ4n) is 2.95. The Balaban J connectivity index is 1.93. The van der Waals surface area contributed by atoms with Crippen molar-refractivity contribution in [2.75, 3.05) is 0 Å². The second-order valence-corrected chi connectivity index (χ2v) is 6.84. The van der Waals surface area contributed by atoms with Gasteiger partial charge in [-0.3, -0.25) is 9.36 Å². The van der Waals surface area contributed by atoms with Gasteiger partial charge in [0.2, 0.25) is 0 Å². The molecule has 3 aromatic rings. The van der Waals surface area contributed by atoms with Gasteiger partial charge in [-0.15, -0.1) is 0 Å². The number of fused-ring (bicyclic) bond motifs is 2. The van der Waals surface area contributed by atoms with Crippen LogP contribution < -0.4 is 5.56 Å². The van der Waals surface area contributed by atoms with E-state index >= 15 is 0 Å². The summed E-state index contributed by atoms with van der Waals surface area (Å²) in [6, 6.07) is 10.6. The molecule has 0 saturated heterocycles. The Labute approximate surface area is 153 Å². The summed E-state index contributed by atoms with van der Waals surface area (Å²) in [5, 5.41) is 2.13. The smallest absolute Gasteiger partial charge is 0.261 e. The highest BCUT2D eigenvalue weighted by Gasteiger charge is 2.21. The molecule has 0 radical (unpaired) electrons. The minimum Gasteiger partial charge on any atom is -0.292 e. The third kappa shape index (κ3) is 2.53. The molecule has 1 aliphatic rings. The molecule has 0 bridgehead atoms. The first kappa shape index (κ1) is 15.7. The minimum absolute atomic E-state index is 0.0488. The number of halogens is 3. The quantitative estimate of drug-likeness (QED) is 0.576. The summed E-state index contributed by atoms with van der Waals surface area (Å²) in [7, 11) is 0. The first-order valence-corrected chi connectivity index (χ1v) is 8.53. The molecular weight excluding hydrogens is 367 g/mol. The van der Waals surface area contributed by atoms with Crippen LogP contribution in [0.25, 0.3) is 22.6 Å². The second-order valence-electron chi connectivity index (χ2n) is 5.62. The molecule has 120 valence electrons. The van der Waals surface area contributed by atoms with Gasteiger partial charge in [-0.1, -0.05) is 46.9 Å². The van der Waals surface area contributed by atoms with E-state index in [2.05, 4.69) is 4.98 Å². The second kappa shape index (κ2) is 5.92. The van der Waals surface area contributed by atoms with Gasteiger partial charge in [0.15, 0.2) is 0 Å². The summed E-state index contributed by atoms with van der Waals surface area (Å²) >= 11 is 18.4. The van der Waals surface area contributed by atoms with Gasteiger partial charge >= 0.3 is 0 Å². The van der Waals surface area contributed by atoms with Crippen molar-refractivity contribution in [3.8, 4) is 0 Å². The van der Waals surface area contributed by atoms with E-state index in [-0.39, 0.29) is 5.56 Å². The fourth-order valence-corrected chi connectivity index (χ4v) is 3.48. The molecule has 0 fully saturated rings. The first-order chi connectivity index (χ1) is 11.5. The van der Waals surface area contributed by atoms with Crippen molar-refractivity contribution in [1.82, 2.24) is 9.55 Å². The Bertz CT molecular complexity index is 1070. The molecule has 6 heteroatoms. The van der Waals surface area contributed by atoms with Crippen LogP contribution in [-0.2, 0) is 6.54 Å². The normalized spacial score (nSPS) is 15.2. The number of hydrogen-bond donors (Lipinski definition) is 0. The van der Waals surface area contributed by atoms with Gasteiger partial charge < -0.3 is 0 Å². The highest BCUT2D eigenvalue weighted by atomic mass is 35.5. The van der Waals surface area contributed by atoms with Gasteiger partial charge in [-0.2, -0.15) is 0 Å². The molecule has 3 nitrogen and oxygen atoms in total. The van der Waals surface area contributed by atoms with Crippen LogP contribution in [0, 0.1) is 0 Å². The van der Waals surface area contributed by atoms with E-state index < -0.39 is 0 Å². The van der Waals surface area contributed by atoms with Crippen molar-refractivity contribution < 1.29 is 0 Å². The van der Waals surface area contributed by atoms with E-state index in [1.54, 1.807) is 28.8 Å². The molecule has 2 aromatic carbocycles. The molecule has 0 N–H and O–H groups in total. The summed E-state index contributed by atoms with van der Waals surface area (Å²) in [5.41, 5.74) is 2.32. The van der Waals surface area contributed by atoms with Crippen LogP contribution in [0.4, 0.5) is 0 Å². The number of allylic oxidation sites excluding steroid dienone is 1. The maximum Gasteiger partial charge on any atom is 0.261 e. The van der Waals surface area contributed by atoms with Crippen LogP contribution >= 0.6 is 34.8 Å². The monoisotopic (exact) mass is 376 g/mol. The van der Waals surface area contributed by atoms with Crippen LogP contribution in [0.2, 0.25) is 15.1 Å². The minimum atomic E-state index is -0.0488. The van der Waals surface area contributed by atoms with E-state index in [0.717, 1.165) is 17.6 Å². The van der Waals surface area contributed by atoms with Crippen molar-refractivity contribution in [2.45, 2.75) is 13.0 Å². The first-order valence-electron chi connectivity index (χ1n) is 7.39. The van der Waals surface area contributed by atoms with Crippen molar-refractivity contribution >= 4 is 57.4 Å². The van der Waals surface area contributed by atoms with Gasteiger partial charge in [0.05, 0.1) is 20.9 Å². The Hall–Kier alpha value is -1.81. The summed E-state index contributed by atoms with van der Waals surface area (Å²) in [6.07, 6.45) is 2.66. The SMILES string of the molecule is O=c1c2ccc(Cl)cc2nc2n1CC/C2=C/c1cccc(Cl)c1Cl. The van der Waals surface area contributed by atoms with Crippen LogP contribution in [-0.4, -0.2) is 9.55 Å². The lowest BCUT2D eigenvalue weighted by Crippen LogP contribution is -2.20. The molecule has 0 aliphatic carbocycles. The number of aromatic nitrogens is 2. The zero-order valence-electron chi connectivity index (χ0n) is 12.4. The molecule has 0 amide bonds. The van der Waals surface area contributed by atoms with Gasteiger partial charge in [-0.05, 0) is 47.9 Å². The predicted molar refractivity (Wildman–Crippen MR) is 100.0 cm³/mol. The summed E-state index contributed by atoms with van der Waals surface area (Å²) < 4.78 is 1.69. The highest BCUT2D eigenvalue weighted by Crippen LogP contribution is 2.32. The summed E-state index contributed by atoms with van der Waals surface area (Å²) in [6.45, 7) is 0.601. The van der Waals surface area contributed by atoms with E-state index in [9.17, 15) is 4.79 Å². The third-order valence-corrected chi connectivity index (χ3v) is 5.19. The van der Waals surface area contributed by atoms with Crippen LogP contribution in [0.3, 0.4) is 0 Å². The van der Waals surface area contributed by atoms with Crippen molar-refractivity contribution in [3.63, 3.8) is 0 Å². The third-order valence-electron chi connectivity index (χ3n) is 4.12. The highest BCUT2D eigenvalue weighted by molar-refractivity contribution is 6.43. The number of nitrogens with zero attached hydrogens (tertiary/aromatic N) is 2. The van der Waals surface area contributed by atoms with Gasteiger partial charge in [-0.25, -0.2) is 4.98 Å². The Morgan fingerprint density at radius 1 is 1.12 bits per heavy atom. The standard InChI is InChI=1S/C18H11Cl3N2O/c19-12-4-5-13-15(9-12)22-17-11(6-7-23(17)18(13)24)8-10-2-1-3-14(20)16(10)21/h1-5,8-9H,6-7H2/b11-8-. The van der Waals surface area contributed by atoms with E-state index in [4.69, 9.17) is 34.8 Å². The molecule has 0 spiro atoms. The summed E-state index contributed by atoms with van der Waals surface area (Å²) in [5.74, 6) is 0.658. The predicted octanol–water partition coefficient (Wildman–Crippen LogP) is 5.30. The average molecular weight is 378 g/mol. The molecule has 0 saturated carbocycles. The molecule has 4 rings (SSSR count). The maximum atomic E-state index is 12.7. The Morgan fingerprint density at radius 3 is 2.79 bits per heavy atom. The van der Waals surface area contributed by atoms with Crippen molar-refractivity contribution in [1.29, 1.82) is 0 Å². The lowest BCUT2D eigenvalue weighted by atomic mass is 10.1. The van der Waals surface area contributed by atoms with E-state index in [1.165, 1.54) is 0 Å². The molecule has 0 unspecified atom stereocenters. The van der Waals surface area contributed by atoms with E-state index in [1.807, 2.05) is 18.2 Å². The molecule has 1 aromatic heterocycles. The fraction of sp³-hybridized carbons (Fsp3) is 0.111. The van der Waals surface area contributed by atoms with Crippen molar-refractivity contribution in [2.24, 2.45) is 0 Å². The zero-order valence-corrected chi connectivity index (χ0v) is 14.7. The molecule has 2 heterocycles.